The summed E-state index contributed by atoms with van der Waals surface area (Å²) in [5.74, 6) is 0.956. The molecule has 158 valence electrons. The van der Waals surface area contributed by atoms with Crippen LogP contribution in [0.1, 0.15) is 96.5 Å². The van der Waals surface area contributed by atoms with Crippen molar-refractivity contribution >= 4 is 0 Å². The van der Waals surface area contributed by atoms with E-state index in [2.05, 4.69) is 50.3 Å². The molecule has 2 rings (SSSR count). The first-order chi connectivity index (χ1) is 13.7. The molecule has 2 heteroatoms. The van der Waals surface area contributed by atoms with Crippen molar-refractivity contribution in [3.8, 4) is 5.75 Å². The molecule has 2 nitrogen and oxygen atoms in total. The number of rotatable bonds is 17. The quantitative estimate of drug-likeness (QED) is 0.156. The lowest BCUT2D eigenvalue weighted by molar-refractivity contribution is 0.202. The van der Waals surface area contributed by atoms with Gasteiger partial charge in [-0.25, -0.2) is 0 Å². The normalized spacial score (nSPS) is 18.6. The Kier molecular flexibility index (Phi) is 11.4. The summed E-state index contributed by atoms with van der Waals surface area (Å²) in [6.45, 7) is 5.77. The number of aryl methyl sites for hydroxylation is 1. The van der Waals surface area contributed by atoms with E-state index in [0.717, 1.165) is 12.4 Å². The van der Waals surface area contributed by atoms with Crippen molar-refractivity contribution < 1.29 is 9.47 Å². The lowest BCUT2D eigenvalue weighted by atomic mass is 10.0. The molecule has 0 radical (unpaired) electrons. The number of hydrogen-bond acceptors (Lipinski definition) is 2. The predicted molar refractivity (Wildman–Crippen MR) is 120 cm³/mol. The van der Waals surface area contributed by atoms with E-state index < -0.39 is 0 Å². The molecule has 0 aromatic heterocycles. The first-order valence-electron chi connectivity index (χ1n) is 11.7. The van der Waals surface area contributed by atoms with Gasteiger partial charge in [0.1, 0.15) is 18.0 Å². The van der Waals surface area contributed by atoms with Gasteiger partial charge in [-0.1, -0.05) is 82.6 Å². The largest absolute Gasteiger partial charge is 0.491 e. The third-order valence-electron chi connectivity index (χ3n) is 5.59. The molecule has 1 aliphatic rings. The Balaban J connectivity index is 1.36. The molecule has 1 aliphatic heterocycles. The SMILES string of the molecule is CC/C=C/CCCCCCCCCCCCc1ccc(OCC2(C)CO2)cc1. The van der Waals surface area contributed by atoms with Gasteiger partial charge in [0.2, 0.25) is 0 Å². The molecule has 1 heterocycles. The van der Waals surface area contributed by atoms with Gasteiger partial charge in [-0.3, -0.25) is 0 Å². The highest BCUT2D eigenvalue weighted by molar-refractivity contribution is 5.27. The van der Waals surface area contributed by atoms with Gasteiger partial charge in [0.05, 0.1) is 6.61 Å². The lowest BCUT2D eigenvalue weighted by Crippen LogP contribution is -2.16. The van der Waals surface area contributed by atoms with E-state index >= 15 is 0 Å². The van der Waals surface area contributed by atoms with Gasteiger partial charge in [0.15, 0.2) is 0 Å². The zero-order valence-electron chi connectivity index (χ0n) is 18.4. The molecule has 0 N–H and O–H groups in total. The van der Waals surface area contributed by atoms with E-state index in [0.29, 0.717) is 6.61 Å². The second-order valence-corrected chi connectivity index (χ2v) is 8.63. The Morgan fingerprint density at radius 2 is 1.43 bits per heavy atom. The summed E-state index contributed by atoms with van der Waals surface area (Å²) in [5.41, 5.74) is 1.39. The van der Waals surface area contributed by atoms with Crippen LogP contribution in [0.4, 0.5) is 0 Å². The number of hydrogen-bond donors (Lipinski definition) is 0. The highest BCUT2D eigenvalue weighted by atomic mass is 16.6. The predicted octanol–water partition coefficient (Wildman–Crippen LogP) is 7.65. The fourth-order valence-electron chi connectivity index (χ4n) is 3.48. The molecule has 1 saturated heterocycles. The zero-order chi connectivity index (χ0) is 19.9. The summed E-state index contributed by atoms with van der Waals surface area (Å²) in [7, 11) is 0. The molecular formula is C26H42O2. The molecule has 0 spiro atoms. The average molecular weight is 387 g/mol. The van der Waals surface area contributed by atoms with Crippen LogP contribution in [0.15, 0.2) is 36.4 Å². The van der Waals surface area contributed by atoms with E-state index in [4.69, 9.17) is 9.47 Å². The molecule has 1 aromatic carbocycles. The number of unbranched alkanes of at least 4 members (excludes halogenated alkanes) is 10. The lowest BCUT2D eigenvalue weighted by Gasteiger charge is -2.09. The maximum Gasteiger partial charge on any atom is 0.123 e. The Labute approximate surface area is 173 Å². The minimum absolute atomic E-state index is 0.0372. The monoisotopic (exact) mass is 386 g/mol. The Hall–Kier alpha value is -1.28. The van der Waals surface area contributed by atoms with Crippen LogP contribution in [0.3, 0.4) is 0 Å². The smallest absolute Gasteiger partial charge is 0.123 e. The van der Waals surface area contributed by atoms with Crippen molar-refractivity contribution in [2.75, 3.05) is 13.2 Å². The van der Waals surface area contributed by atoms with Gasteiger partial charge >= 0.3 is 0 Å². The van der Waals surface area contributed by atoms with Crippen LogP contribution in [0.5, 0.6) is 5.75 Å². The Morgan fingerprint density at radius 3 is 2.00 bits per heavy atom. The van der Waals surface area contributed by atoms with Crippen LogP contribution in [0, 0.1) is 0 Å². The van der Waals surface area contributed by atoms with Gasteiger partial charge in [-0.2, -0.15) is 0 Å². The summed E-state index contributed by atoms with van der Waals surface area (Å²) in [5, 5.41) is 0. The molecule has 0 bridgehead atoms. The summed E-state index contributed by atoms with van der Waals surface area (Å²) < 4.78 is 11.1. The minimum atomic E-state index is -0.0372. The zero-order valence-corrected chi connectivity index (χ0v) is 18.4. The van der Waals surface area contributed by atoms with Gasteiger partial charge < -0.3 is 9.47 Å². The number of ether oxygens (including phenoxy) is 2. The van der Waals surface area contributed by atoms with Gasteiger partial charge in [-0.15, -0.1) is 0 Å². The fraction of sp³-hybridized carbons (Fsp3) is 0.692. The summed E-state index contributed by atoms with van der Waals surface area (Å²) in [4.78, 5) is 0. The van der Waals surface area contributed by atoms with Crippen LogP contribution >= 0.6 is 0 Å². The van der Waals surface area contributed by atoms with Gasteiger partial charge in [0, 0.05) is 0 Å². The minimum Gasteiger partial charge on any atom is -0.491 e. The van der Waals surface area contributed by atoms with Crippen LogP contribution in [-0.4, -0.2) is 18.8 Å². The third-order valence-corrected chi connectivity index (χ3v) is 5.59. The van der Waals surface area contributed by atoms with Crippen LogP contribution in [0.2, 0.25) is 0 Å². The van der Waals surface area contributed by atoms with Crippen LogP contribution < -0.4 is 4.74 Å². The summed E-state index contributed by atoms with van der Waals surface area (Å²) in [6.07, 6.45) is 22.2. The van der Waals surface area contributed by atoms with Gasteiger partial charge in [-0.05, 0) is 56.7 Å². The van der Waals surface area contributed by atoms with E-state index in [1.54, 1.807) is 0 Å². The molecule has 1 aromatic rings. The van der Waals surface area contributed by atoms with Crippen molar-refractivity contribution in [2.45, 2.75) is 103 Å². The maximum absolute atomic E-state index is 5.79. The summed E-state index contributed by atoms with van der Waals surface area (Å²) in [6, 6.07) is 8.62. The second-order valence-electron chi connectivity index (χ2n) is 8.63. The summed E-state index contributed by atoms with van der Waals surface area (Å²) >= 11 is 0. The first-order valence-corrected chi connectivity index (χ1v) is 11.7. The molecule has 0 saturated carbocycles. The molecule has 28 heavy (non-hydrogen) atoms. The van der Waals surface area contributed by atoms with Crippen molar-refractivity contribution in [1.82, 2.24) is 0 Å². The molecule has 0 amide bonds. The van der Waals surface area contributed by atoms with E-state index in [-0.39, 0.29) is 5.60 Å². The first kappa shape index (κ1) is 23.0. The van der Waals surface area contributed by atoms with Crippen molar-refractivity contribution in [3.63, 3.8) is 0 Å². The fourth-order valence-corrected chi connectivity index (χ4v) is 3.48. The van der Waals surface area contributed by atoms with Gasteiger partial charge in [0.25, 0.3) is 0 Å². The second kappa shape index (κ2) is 13.8. The van der Waals surface area contributed by atoms with E-state index in [1.165, 1.54) is 89.0 Å². The highest BCUT2D eigenvalue weighted by Gasteiger charge is 2.40. The topological polar surface area (TPSA) is 21.8 Å². The highest BCUT2D eigenvalue weighted by Crippen LogP contribution is 2.27. The molecule has 1 atom stereocenters. The molecule has 1 fully saturated rings. The van der Waals surface area contributed by atoms with Crippen molar-refractivity contribution in [3.05, 3.63) is 42.0 Å². The molecule has 0 aliphatic carbocycles. The standard InChI is InChI=1S/C26H42O2/c1-3-4-5-6-7-8-9-10-11-12-13-14-15-16-17-24-18-20-25(21-19-24)27-22-26(2)23-28-26/h4-5,18-21H,3,6-17,22-23H2,1-2H3/b5-4+. The Morgan fingerprint density at radius 1 is 0.857 bits per heavy atom. The Bertz CT molecular complexity index is 528. The number of allylic oxidation sites excluding steroid dienone is 2. The average Bonchev–Trinajstić information content (AvgIpc) is 3.45. The number of benzene rings is 1. The van der Waals surface area contributed by atoms with Crippen molar-refractivity contribution in [1.29, 1.82) is 0 Å². The molecular weight excluding hydrogens is 344 g/mol. The molecule has 1 unspecified atom stereocenters. The van der Waals surface area contributed by atoms with Crippen LogP contribution in [-0.2, 0) is 11.2 Å². The van der Waals surface area contributed by atoms with E-state index in [1.807, 2.05) is 0 Å². The van der Waals surface area contributed by atoms with Crippen LogP contribution in [0.25, 0.3) is 0 Å². The third kappa shape index (κ3) is 10.9. The van der Waals surface area contributed by atoms with E-state index in [9.17, 15) is 0 Å². The number of epoxide rings is 1. The van der Waals surface area contributed by atoms with Crippen molar-refractivity contribution in [2.24, 2.45) is 0 Å². The maximum atomic E-state index is 5.79.